The maximum Gasteiger partial charge on any atom is 0.315 e. The van der Waals surface area contributed by atoms with Crippen LogP contribution in [0.5, 0.6) is 0 Å². The van der Waals surface area contributed by atoms with Crippen LogP contribution in [0.4, 0.5) is 10.6 Å². The Morgan fingerprint density at radius 1 is 0.671 bits per heavy atom. The van der Waals surface area contributed by atoms with Gasteiger partial charge in [0.05, 0.1) is 30.0 Å². The van der Waals surface area contributed by atoms with Crippen molar-refractivity contribution in [1.29, 1.82) is 0 Å². The molecule has 23 heteroatoms. The van der Waals surface area contributed by atoms with Crippen LogP contribution in [0.3, 0.4) is 0 Å². The molecule has 1 fully saturated rings. The first-order valence-corrected chi connectivity index (χ1v) is 23.5. The molecule has 0 spiro atoms. The topological polar surface area (TPSA) is 328 Å². The first-order valence-electron chi connectivity index (χ1n) is 22.4. The van der Waals surface area contributed by atoms with Crippen LogP contribution in [0.25, 0.3) is 0 Å². The van der Waals surface area contributed by atoms with Gasteiger partial charge in [-0.15, -0.1) is 5.11 Å². The third kappa shape index (κ3) is 18.0. The molecule has 3 aromatic carbocycles. The number of carboxylic acids is 1. The molecule has 1 aliphatic heterocycles. The number of rotatable bonds is 20. The monoisotopic (exact) mass is 981 g/mol. The number of pyridine rings is 1. The van der Waals surface area contributed by atoms with E-state index in [-0.39, 0.29) is 74.6 Å². The molecule has 1 unspecified atom stereocenters. The molecule has 10 N–H and O–H groups in total. The zero-order valence-corrected chi connectivity index (χ0v) is 38.7. The van der Waals surface area contributed by atoms with Crippen molar-refractivity contribution >= 4 is 64.3 Å². The number of aliphatic carboxylic acids is 1. The van der Waals surface area contributed by atoms with E-state index in [1.807, 2.05) is 30.3 Å². The second-order valence-electron chi connectivity index (χ2n) is 16.0. The van der Waals surface area contributed by atoms with Crippen molar-refractivity contribution in [3.63, 3.8) is 0 Å². The number of unbranched alkanes of at least 4 members (excludes halogenated alkanes) is 1. The largest absolute Gasteiger partial charge is 0.481 e. The van der Waals surface area contributed by atoms with Crippen LogP contribution >= 0.6 is 0 Å². The molecule has 8 amide bonds. The highest BCUT2D eigenvalue weighted by Gasteiger charge is 2.33. The van der Waals surface area contributed by atoms with Gasteiger partial charge in [0.1, 0.15) is 24.2 Å². The van der Waals surface area contributed by atoms with Gasteiger partial charge in [-0.25, -0.2) is 14.0 Å². The fourth-order valence-electron chi connectivity index (χ4n) is 7.03. The smallest absolute Gasteiger partial charge is 0.315 e. The molecule has 5 rings (SSSR count). The Labute approximate surface area is 405 Å². The molecule has 1 aromatic heterocycles. The van der Waals surface area contributed by atoms with Crippen molar-refractivity contribution in [2.75, 3.05) is 19.6 Å². The Morgan fingerprint density at radius 3 is 1.97 bits per heavy atom. The van der Waals surface area contributed by atoms with E-state index in [2.05, 4.69) is 57.7 Å². The number of hydrogen-bond donors (Lipinski definition) is 10. The van der Waals surface area contributed by atoms with Crippen LogP contribution in [0.1, 0.15) is 65.6 Å². The maximum atomic E-state index is 14.1. The van der Waals surface area contributed by atoms with Crippen LogP contribution in [0.2, 0.25) is 0 Å². The predicted octanol–water partition coefficient (Wildman–Crippen LogP) is 1.91. The van der Waals surface area contributed by atoms with Crippen LogP contribution in [-0.4, -0.2) is 110 Å². The highest BCUT2D eigenvalue weighted by Crippen LogP contribution is 2.16. The number of aromatic nitrogens is 1. The number of carboxylic acid groups (broad SMARTS) is 1. The minimum Gasteiger partial charge on any atom is -0.481 e. The Bertz CT molecular complexity index is 2500. The first-order chi connectivity index (χ1) is 33.7. The van der Waals surface area contributed by atoms with Crippen molar-refractivity contribution in [3.05, 3.63) is 126 Å². The lowest BCUT2D eigenvalue weighted by Gasteiger charge is -2.26. The SMILES string of the molecule is O=C(O)C[C@@H]1NC(=O)CNC(=O)[C@H](CCCNC(=O)NCc2ccccc2)NC(=O)[C@H](CCCCNC(=O)c2ccc(N=NCc3ccccc3S(=O)O)nc2)NC(=O)[C@@H](Cc2ccccc2)NC1=O. The van der Waals surface area contributed by atoms with Crippen molar-refractivity contribution in [1.82, 2.24) is 47.5 Å². The molecule has 0 saturated carbocycles. The van der Waals surface area contributed by atoms with E-state index in [0.717, 1.165) is 5.56 Å². The summed E-state index contributed by atoms with van der Waals surface area (Å²) in [6, 6.07) is 21.3. The molecule has 1 saturated heterocycles. The van der Waals surface area contributed by atoms with Gasteiger partial charge in [-0.2, -0.15) is 5.11 Å². The summed E-state index contributed by atoms with van der Waals surface area (Å²) in [6.07, 6.45) is 1.12. The Balaban J connectivity index is 1.25. The lowest BCUT2D eigenvalue weighted by atomic mass is 10.0. The van der Waals surface area contributed by atoms with E-state index < -0.39 is 95.7 Å². The summed E-state index contributed by atoms with van der Waals surface area (Å²) in [7, 11) is 0. The van der Waals surface area contributed by atoms with Crippen molar-refractivity contribution in [2.24, 2.45) is 10.2 Å². The highest BCUT2D eigenvalue weighted by atomic mass is 32.2. The number of carbonyl (C=O) groups excluding carboxylic acids is 7. The zero-order valence-electron chi connectivity index (χ0n) is 37.9. The minimum atomic E-state index is -2.19. The summed E-state index contributed by atoms with van der Waals surface area (Å²) in [5.74, 6) is -5.95. The number of benzene rings is 3. The lowest BCUT2D eigenvalue weighted by Crippen LogP contribution is -2.58. The Morgan fingerprint density at radius 2 is 1.29 bits per heavy atom. The second kappa shape index (κ2) is 27.8. The van der Waals surface area contributed by atoms with Crippen LogP contribution in [0, 0.1) is 0 Å². The number of amides is 8. The van der Waals surface area contributed by atoms with Crippen LogP contribution in [-0.2, 0) is 59.4 Å². The van der Waals surface area contributed by atoms with E-state index in [9.17, 15) is 52.2 Å². The van der Waals surface area contributed by atoms with Crippen LogP contribution in [0.15, 0.2) is 118 Å². The summed E-state index contributed by atoms with van der Waals surface area (Å²) in [5, 5.41) is 38.5. The molecule has 2 heterocycles. The first kappa shape index (κ1) is 53.0. The number of carbonyl (C=O) groups is 8. The summed E-state index contributed by atoms with van der Waals surface area (Å²) in [6.45, 7) is -0.149. The molecule has 4 aromatic rings. The minimum absolute atomic E-state index is 0.00143. The van der Waals surface area contributed by atoms with Gasteiger partial charge in [-0.3, -0.25) is 33.6 Å². The number of nitrogens with zero attached hydrogens (tertiary/aromatic N) is 3. The van der Waals surface area contributed by atoms with Gasteiger partial charge in [0.25, 0.3) is 5.91 Å². The number of azo groups is 1. The molecule has 5 atom stereocenters. The van der Waals surface area contributed by atoms with Crippen molar-refractivity contribution in [3.8, 4) is 0 Å². The molecule has 0 aliphatic carbocycles. The average Bonchev–Trinajstić information content (AvgIpc) is 3.35. The lowest BCUT2D eigenvalue weighted by molar-refractivity contribution is -0.141. The van der Waals surface area contributed by atoms with E-state index >= 15 is 0 Å². The van der Waals surface area contributed by atoms with Gasteiger partial charge in [0, 0.05) is 32.3 Å². The third-order valence-corrected chi connectivity index (χ3v) is 11.5. The third-order valence-electron chi connectivity index (χ3n) is 10.7. The second-order valence-corrected chi connectivity index (χ2v) is 16.9. The van der Waals surface area contributed by atoms with Gasteiger partial charge in [-0.05, 0) is 67.0 Å². The van der Waals surface area contributed by atoms with Gasteiger partial charge < -0.3 is 52.2 Å². The van der Waals surface area contributed by atoms with E-state index in [1.165, 1.54) is 24.4 Å². The molecule has 0 radical (unpaired) electrons. The summed E-state index contributed by atoms with van der Waals surface area (Å²) < 4.78 is 21.1. The standard InChI is InChI=1S/C47H55N11O11S/c59-40-29-51-43(63)34(18-11-23-49-47(67)52-26-31-14-5-2-6-15-31)55-44(64)35(56-45(65)36(24-30-12-3-1-4-13-30)57-46(66)37(54-40)25-41(60)61)17-9-10-22-48-42(62)33-20-21-39(50-27-33)58-53-28-32-16-7-8-19-38(32)70(68)69/h1-8,12-16,19-21,27,34-37H,9-11,17-18,22-26,28-29H2,(H,48,62)(H,51,63)(H,54,59)(H,55,64)(H,56,65)(H,57,66)(H,60,61)(H,68,69)(H2,49,52,67)/t34-,35-,36+,37-/m0/s1. The molecule has 0 bridgehead atoms. The number of hydrogen-bond acceptors (Lipinski definition) is 12. The normalized spacial score (nSPS) is 18.4. The summed E-state index contributed by atoms with van der Waals surface area (Å²) >= 11 is -2.19. The van der Waals surface area contributed by atoms with E-state index in [4.69, 9.17) is 0 Å². The predicted molar refractivity (Wildman–Crippen MR) is 253 cm³/mol. The van der Waals surface area contributed by atoms with E-state index in [1.54, 1.807) is 48.5 Å². The molecule has 370 valence electrons. The van der Waals surface area contributed by atoms with Gasteiger partial charge in [-0.1, -0.05) is 78.9 Å². The van der Waals surface area contributed by atoms with Gasteiger partial charge in [0.2, 0.25) is 29.5 Å². The molecular formula is C47H55N11O11S. The fraction of sp³-hybridized carbons (Fsp3) is 0.340. The molecule has 1 aliphatic rings. The summed E-state index contributed by atoms with van der Waals surface area (Å²) in [4.78, 5) is 110. The quantitative estimate of drug-likeness (QED) is 0.0345. The number of nitrogens with one attached hydrogen (secondary N) is 8. The highest BCUT2D eigenvalue weighted by molar-refractivity contribution is 7.79. The van der Waals surface area contributed by atoms with Crippen LogP contribution < -0.4 is 42.5 Å². The Kier molecular flexibility index (Phi) is 21.1. The van der Waals surface area contributed by atoms with Gasteiger partial charge >= 0.3 is 12.0 Å². The average molecular weight is 982 g/mol. The number of urea groups is 1. The fourth-order valence-corrected chi connectivity index (χ4v) is 7.58. The zero-order chi connectivity index (χ0) is 50.3. The van der Waals surface area contributed by atoms with E-state index in [0.29, 0.717) is 17.5 Å². The van der Waals surface area contributed by atoms with Crippen molar-refractivity contribution in [2.45, 2.75) is 87.1 Å². The van der Waals surface area contributed by atoms with Gasteiger partial charge in [0.15, 0.2) is 16.9 Å². The Hall–Kier alpha value is -7.92. The molecule has 70 heavy (non-hydrogen) atoms. The summed E-state index contributed by atoms with van der Waals surface area (Å²) in [5.41, 5.74) is 2.23. The van der Waals surface area contributed by atoms with Crippen molar-refractivity contribution < 1.29 is 52.2 Å². The molecular weight excluding hydrogens is 927 g/mol. The molecule has 22 nitrogen and oxygen atoms in total. The maximum absolute atomic E-state index is 14.1.